The molecule has 0 aromatic carbocycles. The second-order valence-corrected chi connectivity index (χ2v) is 6.07. The smallest absolute Gasteiger partial charge is 0.223 e. The molecule has 0 unspecified atom stereocenters. The van der Waals surface area contributed by atoms with Crippen molar-refractivity contribution in [1.29, 1.82) is 0 Å². The largest absolute Gasteiger partial charge is 0.379 e. The molecule has 10 heteroatoms. The zero-order chi connectivity index (χ0) is 17.2. The van der Waals surface area contributed by atoms with Gasteiger partial charge in [0.1, 0.15) is 0 Å². The molecule has 0 bridgehead atoms. The molecule has 3 aromatic rings. The van der Waals surface area contributed by atoms with Crippen molar-refractivity contribution in [2.45, 2.75) is 25.7 Å². The molecule has 25 heavy (non-hydrogen) atoms. The van der Waals surface area contributed by atoms with Gasteiger partial charge in [0.2, 0.25) is 5.95 Å². The number of nitrogens with two attached hydrogens (primary N) is 1. The van der Waals surface area contributed by atoms with Crippen molar-refractivity contribution >= 4 is 28.7 Å². The summed E-state index contributed by atoms with van der Waals surface area (Å²) in [5, 5.41) is 8.25. The number of halogens is 1. The van der Waals surface area contributed by atoms with Crippen LogP contribution in [0.4, 0.5) is 5.95 Å². The fraction of sp³-hybridized carbons (Fsp3) is 0.400. The molecule has 4 rings (SSSR count). The third-order valence-corrected chi connectivity index (χ3v) is 4.13. The van der Waals surface area contributed by atoms with Crippen LogP contribution < -0.4 is 5.73 Å². The molecule has 2 N–H and O–H groups in total. The molecule has 4 heterocycles. The van der Waals surface area contributed by atoms with Crippen LogP contribution in [0.5, 0.6) is 0 Å². The number of hydrogen-bond acceptors (Lipinski definition) is 8. The Morgan fingerprint density at radius 2 is 2.16 bits per heavy atom. The summed E-state index contributed by atoms with van der Waals surface area (Å²) in [5.74, 6) is 0.0787. The number of pyridine rings is 1. The Labute approximate surface area is 148 Å². The van der Waals surface area contributed by atoms with Crippen LogP contribution in [0.1, 0.15) is 17.8 Å². The average molecular weight is 362 g/mol. The van der Waals surface area contributed by atoms with Crippen LogP contribution in [0.3, 0.4) is 0 Å². The Bertz CT molecular complexity index is 895. The maximum Gasteiger partial charge on any atom is 0.223 e. The normalized spacial score (nSPS) is 17.4. The van der Waals surface area contributed by atoms with Gasteiger partial charge in [-0.15, -0.1) is 5.10 Å². The lowest BCUT2D eigenvalue weighted by molar-refractivity contribution is 0.0301. The number of nitrogens with zero attached hydrogens (tertiary/aromatic N) is 6. The van der Waals surface area contributed by atoms with Gasteiger partial charge in [-0.2, -0.15) is 9.97 Å². The van der Waals surface area contributed by atoms with E-state index in [4.69, 9.17) is 26.8 Å². The molecule has 3 aromatic heterocycles. The highest BCUT2D eigenvalue weighted by Crippen LogP contribution is 2.19. The first-order chi connectivity index (χ1) is 12.2. The molecule has 9 nitrogen and oxygen atoms in total. The minimum absolute atomic E-state index is 0.0787. The van der Waals surface area contributed by atoms with E-state index in [-0.39, 0.29) is 17.2 Å². The first-order valence-electron chi connectivity index (χ1n) is 7.85. The molecule has 1 atom stereocenters. The predicted molar refractivity (Wildman–Crippen MR) is 89.9 cm³/mol. The van der Waals surface area contributed by atoms with Gasteiger partial charge in [0.25, 0.3) is 0 Å². The third kappa shape index (κ3) is 3.53. The van der Waals surface area contributed by atoms with Crippen LogP contribution in [0.15, 0.2) is 18.2 Å². The van der Waals surface area contributed by atoms with Gasteiger partial charge in [0.05, 0.1) is 37.3 Å². The van der Waals surface area contributed by atoms with E-state index in [1.54, 1.807) is 4.68 Å². The second-order valence-electron chi connectivity index (χ2n) is 5.71. The lowest BCUT2D eigenvalue weighted by Crippen LogP contribution is -2.13. The zero-order valence-corrected chi connectivity index (χ0v) is 14.1. The van der Waals surface area contributed by atoms with Crippen LogP contribution >= 0.6 is 11.6 Å². The molecule has 0 amide bonds. The van der Waals surface area contributed by atoms with Crippen molar-refractivity contribution in [3.8, 4) is 0 Å². The van der Waals surface area contributed by atoms with Crippen molar-refractivity contribution < 1.29 is 9.47 Å². The molecule has 1 aliphatic rings. The van der Waals surface area contributed by atoms with Crippen LogP contribution in [0, 0.1) is 0 Å². The van der Waals surface area contributed by atoms with E-state index in [1.165, 1.54) is 0 Å². The van der Waals surface area contributed by atoms with Gasteiger partial charge >= 0.3 is 0 Å². The molecule has 0 spiro atoms. The Kier molecular flexibility index (Phi) is 4.43. The molecule has 1 saturated heterocycles. The third-order valence-electron chi connectivity index (χ3n) is 3.87. The Hall–Kier alpha value is -2.36. The molecule has 0 radical (unpaired) electrons. The summed E-state index contributed by atoms with van der Waals surface area (Å²) in [6.45, 7) is 2.24. The van der Waals surface area contributed by atoms with E-state index < -0.39 is 0 Å². The van der Waals surface area contributed by atoms with E-state index in [1.807, 2.05) is 18.2 Å². The van der Waals surface area contributed by atoms with Crippen LogP contribution in [0.25, 0.3) is 11.2 Å². The van der Waals surface area contributed by atoms with Gasteiger partial charge in [-0.3, -0.25) is 4.98 Å². The summed E-state index contributed by atoms with van der Waals surface area (Å²) >= 11 is 6.02. The molecule has 130 valence electrons. The monoisotopic (exact) mass is 361 g/mol. The number of nitrogen functional groups attached to an aromatic ring is 1. The van der Waals surface area contributed by atoms with Crippen LogP contribution in [-0.2, 0) is 22.6 Å². The maximum atomic E-state index is 6.02. The van der Waals surface area contributed by atoms with Crippen LogP contribution in [-0.4, -0.2) is 49.3 Å². The Morgan fingerprint density at radius 1 is 1.28 bits per heavy atom. The summed E-state index contributed by atoms with van der Waals surface area (Å²) in [6.07, 6.45) is 1.07. The standard InChI is InChI=1S/C15H16ClN7O2/c16-13-12-14(20-15(17)19-13)23(22-21-12)6-9-2-1-3-10(18-9)7-25-11-4-5-24-8-11/h1-3,11H,4-8H2,(H2,17,19,20)/t11-/m1/s1. The summed E-state index contributed by atoms with van der Waals surface area (Å²) in [7, 11) is 0. The van der Waals surface area contributed by atoms with Crippen molar-refractivity contribution in [2.24, 2.45) is 0 Å². The van der Waals surface area contributed by atoms with E-state index >= 15 is 0 Å². The van der Waals surface area contributed by atoms with E-state index in [0.717, 1.165) is 24.4 Å². The summed E-state index contributed by atoms with van der Waals surface area (Å²) in [4.78, 5) is 12.6. The summed E-state index contributed by atoms with van der Waals surface area (Å²) in [6, 6.07) is 5.76. The fourth-order valence-corrected chi connectivity index (χ4v) is 2.85. The highest BCUT2D eigenvalue weighted by molar-refractivity contribution is 6.33. The summed E-state index contributed by atoms with van der Waals surface area (Å²) < 4.78 is 12.7. The summed E-state index contributed by atoms with van der Waals surface area (Å²) in [5.41, 5.74) is 8.20. The van der Waals surface area contributed by atoms with Gasteiger partial charge in [-0.05, 0) is 18.6 Å². The first kappa shape index (κ1) is 16.1. The average Bonchev–Trinajstić information content (AvgIpc) is 3.24. The number of rotatable bonds is 5. The minimum atomic E-state index is 0.0787. The lowest BCUT2D eigenvalue weighted by Gasteiger charge is -2.10. The topological polar surface area (TPSA) is 114 Å². The van der Waals surface area contributed by atoms with Crippen molar-refractivity contribution in [2.75, 3.05) is 18.9 Å². The first-order valence-corrected chi connectivity index (χ1v) is 8.23. The molecular formula is C15H16ClN7O2. The predicted octanol–water partition coefficient (Wildman–Crippen LogP) is 1.21. The number of aromatic nitrogens is 6. The van der Waals surface area contributed by atoms with Gasteiger partial charge in [0.15, 0.2) is 16.3 Å². The second kappa shape index (κ2) is 6.87. The van der Waals surface area contributed by atoms with E-state index in [0.29, 0.717) is 30.9 Å². The lowest BCUT2D eigenvalue weighted by atomic mass is 10.3. The van der Waals surface area contributed by atoms with Gasteiger partial charge in [0, 0.05) is 6.61 Å². The zero-order valence-electron chi connectivity index (χ0n) is 13.3. The van der Waals surface area contributed by atoms with Crippen molar-refractivity contribution in [3.63, 3.8) is 0 Å². The number of anilines is 1. The molecule has 1 fully saturated rings. The van der Waals surface area contributed by atoms with Gasteiger partial charge < -0.3 is 15.2 Å². The Balaban J connectivity index is 1.52. The number of fused-ring (bicyclic) bond motifs is 1. The van der Waals surface area contributed by atoms with Gasteiger partial charge in [-0.1, -0.05) is 22.9 Å². The molecule has 0 saturated carbocycles. The van der Waals surface area contributed by atoms with E-state index in [2.05, 4.69) is 25.3 Å². The van der Waals surface area contributed by atoms with Crippen molar-refractivity contribution in [3.05, 3.63) is 34.7 Å². The highest BCUT2D eigenvalue weighted by atomic mass is 35.5. The van der Waals surface area contributed by atoms with Crippen LogP contribution in [0.2, 0.25) is 5.15 Å². The minimum Gasteiger partial charge on any atom is -0.379 e. The van der Waals surface area contributed by atoms with Crippen molar-refractivity contribution in [1.82, 2.24) is 29.9 Å². The SMILES string of the molecule is Nc1nc(Cl)c2nnn(Cc3cccc(CO[C@@H]4CCOC4)n3)c2n1. The molecule has 1 aliphatic heterocycles. The quantitative estimate of drug-likeness (QED) is 0.674. The molecular weight excluding hydrogens is 346 g/mol. The molecule has 0 aliphatic carbocycles. The Morgan fingerprint density at radius 3 is 3.00 bits per heavy atom. The number of hydrogen-bond donors (Lipinski definition) is 1. The van der Waals surface area contributed by atoms with E-state index in [9.17, 15) is 0 Å². The fourth-order valence-electron chi connectivity index (χ4n) is 2.64. The maximum absolute atomic E-state index is 6.02. The number of ether oxygens (including phenoxy) is 2. The van der Waals surface area contributed by atoms with Gasteiger partial charge in [-0.25, -0.2) is 4.68 Å². The highest BCUT2D eigenvalue weighted by Gasteiger charge is 2.16.